The Balaban J connectivity index is 2.14. The van der Waals surface area contributed by atoms with Gasteiger partial charge in [0.15, 0.2) is 0 Å². The molecule has 0 unspecified atom stereocenters. The Hall–Kier alpha value is -1.53. The van der Waals surface area contributed by atoms with Crippen molar-refractivity contribution in [1.29, 1.82) is 0 Å². The Morgan fingerprint density at radius 1 is 1.20 bits per heavy atom. The first-order valence-electron chi connectivity index (χ1n) is 9.73. The summed E-state index contributed by atoms with van der Waals surface area (Å²) in [5.41, 5.74) is 0.552. The van der Waals surface area contributed by atoms with E-state index < -0.39 is 18.8 Å². The molecule has 0 aliphatic carbocycles. The number of hydrogen-bond donors (Lipinski definition) is 2. The molecule has 162 valence electrons. The molecule has 0 saturated carbocycles. The first kappa shape index (κ1) is 23.1. The van der Waals surface area contributed by atoms with Gasteiger partial charge in [-0.1, -0.05) is 67.0 Å². The van der Waals surface area contributed by atoms with Crippen molar-refractivity contribution in [2.24, 2.45) is 0 Å². The molecule has 8 heteroatoms. The molecule has 2 aromatic carbocycles. The molecule has 1 heterocycles. The Kier molecular flexibility index (Phi) is 6.32. The third kappa shape index (κ3) is 3.89. The highest BCUT2D eigenvalue weighted by Crippen LogP contribution is 2.60. The van der Waals surface area contributed by atoms with Crippen molar-refractivity contribution in [3.63, 3.8) is 0 Å². The normalized spacial score (nSPS) is 12.9. The van der Waals surface area contributed by atoms with Crippen LogP contribution in [-0.4, -0.2) is 14.4 Å². The molecule has 0 amide bonds. The number of para-hydroxylation sites is 1. The molecular weight excluding hydrogens is 475 g/mol. The van der Waals surface area contributed by atoms with E-state index in [1.54, 1.807) is 0 Å². The van der Waals surface area contributed by atoms with Crippen LogP contribution in [0.1, 0.15) is 54.6 Å². The number of fused-ring (bicyclic) bond motifs is 1. The number of nitrogens with zero attached hydrogens (tertiary/aromatic N) is 1. The second-order valence-corrected chi connectivity index (χ2v) is 10.3. The van der Waals surface area contributed by atoms with E-state index in [-0.39, 0.29) is 4.47 Å². The summed E-state index contributed by atoms with van der Waals surface area (Å²) in [4.78, 5) is 18.1. The van der Waals surface area contributed by atoms with Crippen LogP contribution in [0.25, 0.3) is 10.9 Å². The predicted molar refractivity (Wildman–Crippen MR) is 119 cm³/mol. The summed E-state index contributed by atoms with van der Waals surface area (Å²) < 4.78 is 41.7. The number of rotatable bonds is 6. The summed E-state index contributed by atoms with van der Waals surface area (Å²) in [7, 11) is -5.63. The van der Waals surface area contributed by atoms with Crippen LogP contribution in [-0.2, 0) is 23.2 Å². The van der Waals surface area contributed by atoms with Gasteiger partial charge in [-0.3, -0.25) is 4.57 Å². The standard InChI is InChI=1S/C22H25BrF2NO3P/c1-5-19-20(13(2)3)16-8-6-7-14(4)21(16)26(19)12-15-9-10-17(18(23)11-15)22(24,25)30(27,28)29/h6-11,13H,5,12H2,1-4H3,(H2,27,28,29). The molecule has 1 aromatic heterocycles. The first-order chi connectivity index (χ1) is 13.9. The van der Waals surface area contributed by atoms with Gasteiger partial charge in [0.05, 0.1) is 5.52 Å². The van der Waals surface area contributed by atoms with E-state index in [9.17, 15) is 13.3 Å². The Labute approximate surface area is 183 Å². The molecule has 0 atom stereocenters. The maximum Gasteiger partial charge on any atom is 0.399 e. The molecule has 4 nitrogen and oxygen atoms in total. The minimum absolute atomic E-state index is 0.0244. The van der Waals surface area contributed by atoms with Gasteiger partial charge in [-0.05, 0) is 42.0 Å². The van der Waals surface area contributed by atoms with Crippen molar-refractivity contribution >= 4 is 34.4 Å². The highest BCUT2D eigenvalue weighted by Gasteiger charge is 2.51. The lowest BCUT2D eigenvalue weighted by Gasteiger charge is -2.20. The highest BCUT2D eigenvalue weighted by atomic mass is 79.9. The van der Waals surface area contributed by atoms with Crippen LogP contribution in [0.4, 0.5) is 8.78 Å². The number of alkyl halides is 2. The molecule has 0 radical (unpaired) electrons. The summed E-state index contributed by atoms with van der Waals surface area (Å²) >= 11 is 3.08. The first-order valence-corrected chi connectivity index (χ1v) is 12.1. The molecule has 0 fully saturated rings. The zero-order chi connectivity index (χ0) is 22.4. The quantitative estimate of drug-likeness (QED) is 0.372. The number of hydrogen-bond acceptors (Lipinski definition) is 1. The molecule has 0 bridgehead atoms. The van der Waals surface area contributed by atoms with Crippen LogP contribution < -0.4 is 0 Å². The van der Waals surface area contributed by atoms with E-state index in [2.05, 4.69) is 60.3 Å². The van der Waals surface area contributed by atoms with Crippen molar-refractivity contribution < 1.29 is 23.1 Å². The van der Waals surface area contributed by atoms with Crippen molar-refractivity contribution in [3.05, 3.63) is 68.8 Å². The van der Waals surface area contributed by atoms with Crippen molar-refractivity contribution in [2.45, 2.75) is 52.2 Å². The molecular formula is C22H25BrF2NO3P. The average Bonchev–Trinajstić information content (AvgIpc) is 2.95. The SMILES string of the molecule is CCc1c(C(C)C)c2cccc(C)c2n1Cc1ccc(C(F)(F)P(=O)(O)O)c(Br)c1. The van der Waals surface area contributed by atoms with Crippen LogP contribution in [0.2, 0.25) is 0 Å². The third-order valence-corrected chi connectivity index (χ3v) is 7.04. The smallest absolute Gasteiger partial charge is 0.340 e. The van der Waals surface area contributed by atoms with E-state index in [0.29, 0.717) is 12.5 Å². The van der Waals surface area contributed by atoms with Gasteiger partial charge >= 0.3 is 13.3 Å². The number of aromatic nitrogens is 1. The minimum atomic E-state index is -5.63. The molecule has 30 heavy (non-hydrogen) atoms. The third-order valence-electron chi connectivity index (χ3n) is 5.41. The molecule has 2 N–H and O–H groups in total. The zero-order valence-corrected chi connectivity index (χ0v) is 19.8. The van der Waals surface area contributed by atoms with E-state index >= 15 is 0 Å². The molecule has 3 aromatic rings. The molecule has 3 rings (SSSR count). The summed E-state index contributed by atoms with van der Waals surface area (Å²) in [5.74, 6) is 0.335. The second-order valence-electron chi connectivity index (χ2n) is 7.83. The monoisotopic (exact) mass is 499 g/mol. The van der Waals surface area contributed by atoms with Crippen LogP contribution in [0, 0.1) is 6.92 Å². The van der Waals surface area contributed by atoms with Gasteiger partial charge in [0, 0.05) is 27.7 Å². The van der Waals surface area contributed by atoms with Crippen molar-refractivity contribution in [1.82, 2.24) is 4.57 Å². The van der Waals surface area contributed by atoms with E-state index in [0.717, 1.165) is 29.1 Å². The van der Waals surface area contributed by atoms with Crippen molar-refractivity contribution in [3.8, 4) is 0 Å². The van der Waals surface area contributed by atoms with Crippen LogP contribution in [0.5, 0.6) is 0 Å². The van der Waals surface area contributed by atoms with Gasteiger partial charge < -0.3 is 14.4 Å². The predicted octanol–water partition coefficient (Wildman–Crippen LogP) is 6.67. The maximum atomic E-state index is 14.2. The van der Waals surface area contributed by atoms with Gasteiger partial charge in [-0.2, -0.15) is 8.78 Å². The fraction of sp³-hybridized carbons (Fsp3) is 0.364. The van der Waals surface area contributed by atoms with E-state index in [1.165, 1.54) is 28.8 Å². The van der Waals surface area contributed by atoms with Gasteiger partial charge in [0.2, 0.25) is 0 Å². The summed E-state index contributed by atoms with van der Waals surface area (Å²) in [6.45, 7) is 8.96. The van der Waals surface area contributed by atoms with Gasteiger partial charge in [-0.15, -0.1) is 0 Å². The molecule has 0 spiro atoms. The lowest BCUT2D eigenvalue weighted by Crippen LogP contribution is -2.15. The second kappa shape index (κ2) is 8.19. The van der Waals surface area contributed by atoms with Crippen molar-refractivity contribution in [2.75, 3.05) is 0 Å². The van der Waals surface area contributed by atoms with Gasteiger partial charge in [-0.25, -0.2) is 0 Å². The van der Waals surface area contributed by atoms with Crippen LogP contribution in [0.3, 0.4) is 0 Å². The molecule has 0 saturated heterocycles. The number of halogens is 3. The Bertz CT molecular complexity index is 1150. The van der Waals surface area contributed by atoms with Crippen LogP contribution >= 0.6 is 23.5 Å². The molecule has 0 aliphatic heterocycles. The minimum Gasteiger partial charge on any atom is -0.340 e. The average molecular weight is 500 g/mol. The largest absolute Gasteiger partial charge is 0.399 e. The summed E-state index contributed by atoms with van der Waals surface area (Å²) in [5, 5.41) is 1.20. The highest BCUT2D eigenvalue weighted by molar-refractivity contribution is 9.10. The number of benzene rings is 2. The van der Waals surface area contributed by atoms with E-state index in [1.807, 2.05) is 6.07 Å². The fourth-order valence-corrected chi connectivity index (χ4v) is 5.45. The van der Waals surface area contributed by atoms with E-state index in [4.69, 9.17) is 9.79 Å². The Morgan fingerprint density at radius 3 is 2.40 bits per heavy atom. The zero-order valence-electron chi connectivity index (χ0n) is 17.3. The topological polar surface area (TPSA) is 62.5 Å². The lowest BCUT2D eigenvalue weighted by molar-refractivity contribution is 0.0557. The van der Waals surface area contributed by atoms with Gasteiger partial charge in [0.1, 0.15) is 0 Å². The van der Waals surface area contributed by atoms with Gasteiger partial charge in [0.25, 0.3) is 0 Å². The maximum absolute atomic E-state index is 14.2. The Morgan fingerprint density at radius 2 is 1.87 bits per heavy atom. The molecule has 0 aliphatic rings. The fourth-order valence-electron chi connectivity index (χ4n) is 4.11. The summed E-state index contributed by atoms with van der Waals surface area (Å²) in [6, 6.07) is 10.3. The van der Waals surface area contributed by atoms with Crippen LogP contribution in [0.15, 0.2) is 40.9 Å². The lowest BCUT2D eigenvalue weighted by atomic mass is 9.98. The number of aryl methyl sites for hydroxylation is 1. The summed E-state index contributed by atoms with van der Waals surface area (Å²) in [6.07, 6.45) is 0.831.